The molecule has 5 nitrogen and oxygen atoms in total. The molecular formula is C20H27N3O2S. The minimum absolute atomic E-state index is 0.000997. The standard InChI is InChI=1S/C20H27N3O2S/c1-15-6-9-26-18(15)11-23-13-20(14-23)7-5-16(12-25-20)10-21-19(24)17-4-3-8-22(17)2/h3-4,6,8-9,16H,5,7,10-14H2,1-2H3,(H,21,24). The van der Waals surface area contributed by atoms with Gasteiger partial charge in [0.15, 0.2) is 0 Å². The smallest absolute Gasteiger partial charge is 0.267 e. The van der Waals surface area contributed by atoms with Crippen molar-refractivity contribution in [2.24, 2.45) is 13.0 Å². The van der Waals surface area contributed by atoms with Crippen LogP contribution in [0.15, 0.2) is 29.8 Å². The molecule has 2 aliphatic rings. The average Bonchev–Trinajstić information content (AvgIpc) is 3.21. The number of thiophene rings is 1. The summed E-state index contributed by atoms with van der Waals surface area (Å²) in [5.41, 5.74) is 2.16. The molecule has 4 rings (SSSR count). The number of aromatic nitrogens is 1. The van der Waals surface area contributed by atoms with Gasteiger partial charge in [-0.15, -0.1) is 11.3 Å². The molecule has 2 aromatic rings. The molecule has 1 amide bonds. The van der Waals surface area contributed by atoms with Gasteiger partial charge in [-0.1, -0.05) is 0 Å². The van der Waals surface area contributed by atoms with Crippen LogP contribution in [-0.2, 0) is 18.3 Å². The van der Waals surface area contributed by atoms with Crippen LogP contribution >= 0.6 is 11.3 Å². The van der Waals surface area contributed by atoms with Gasteiger partial charge in [0.25, 0.3) is 5.91 Å². The average molecular weight is 374 g/mol. The van der Waals surface area contributed by atoms with E-state index < -0.39 is 0 Å². The SMILES string of the molecule is Cc1ccsc1CN1CC2(CCC(CNC(=O)c3cccn3C)CO2)C1. The van der Waals surface area contributed by atoms with E-state index in [1.54, 1.807) is 0 Å². The van der Waals surface area contributed by atoms with Crippen LogP contribution in [0, 0.1) is 12.8 Å². The first-order valence-electron chi connectivity index (χ1n) is 9.33. The fourth-order valence-electron chi connectivity index (χ4n) is 4.00. The van der Waals surface area contributed by atoms with Gasteiger partial charge in [0.1, 0.15) is 5.69 Å². The Morgan fingerprint density at radius 2 is 2.27 bits per heavy atom. The number of rotatable bonds is 5. The van der Waals surface area contributed by atoms with Gasteiger partial charge in [0.05, 0.1) is 12.2 Å². The predicted octanol–water partition coefficient (Wildman–Crippen LogP) is 2.81. The first-order chi connectivity index (χ1) is 12.5. The molecule has 0 aromatic carbocycles. The lowest BCUT2D eigenvalue weighted by atomic mass is 9.83. The Bertz CT molecular complexity index is 766. The van der Waals surface area contributed by atoms with Crippen molar-refractivity contribution < 1.29 is 9.53 Å². The highest BCUT2D eigenvalue weighted by atomic mass is 32.1. The molecule has 1 N–H and O–H groups in total. The number of aryl methyl sites for hydroxylation is 2. The quantitative estimate of drug-likeness (QED) is 0.877. The van der Waals surface area contributed by atoms with Gasteiger partial charge in [-0.3, -0.25) is 9.69 Å². The predicted molar refractivity (Wildman–Crippen MR) is 103 cm³/mol. The van der Waals surface area contributed by atoms with Gasteiger partial charge in [-0.2, -0.15) is 0 Å². The maximum Gasteiger partial charge on any atom is 0.267 e. The maximum absolute atomic E-state index is 12.2. The number of amides is 1. The van der Waals surface area contributed by atoms with Crippen LogP contribution in [-0.4, -0.2) is 47.2 Å². The van der Waals surface area contributed by atoms with Crippen molar-refractivity contribution in [3.05, 3.63) is 45.9 Å². The number of likely N-dealkylation sites (tertiary alicyclic amines) is 1. The molecule has 0 radical (unpaired) electrons. The second kappa shape index (κ2) is 7.18. The lowest BCUT2D eigenvalue weighted by Gasteiger charge is -2.53. The second-order valence-electron chi connectivity index (χ2n) is 7.79. The number of carbonyl (C=O) groups excluding carboxylic acids is 1. The summed E-state index contributed by atoms with van der Waals surface area (Å²) < 4.78 is 8.09. The van der Waals surface area contributed by atoms with E-state index in [-0.39, 0.29) is 11.5 Å². The van der Waals surface area contributed by atoms with Gasteiger partial charge in [0, 0.05) is 44.3 Å². The third-order valence-electron chi connectivity index (χ3n) is 5.72. The van der Waals surface area contributed by atoms with Gasteiger partial charge in [0.2, 0.25) is 0 Å². The van der Waals surface area contributed by atoms with E-state index in [0.29, 0.717) is 18.2 Å². The van der Waals surface area contributed by atoms with Crippen LogP contribution < -0.4 is 5.32 Å². The fraction of sp³-hybridized carbons (Fsp3) is 0.550. The highest BCUT2D eigenvalue weighted by Gasteiger charge is 2.46. The van der Waals surface area contributed by atoms with E-state index in [0.717, 1.165) is 39.1 Å². The fourth-order valence-corrected chi connectivity index (χ4v) is 4.95. The molecule has 2 aromatic heterocycles. The van der Waals surface area contributed by atoms with Crippen molar-refractivity contribution in [1.29, 1.82) is 0 Å². The Kier molecular flexibility index (Phi) is 4.90. The van der Waals surface area contributed by atoms with E-state index in [2.05, 4.69) is 28.6 Å². The zero-order valence-electron chi connectivity index (χ0n) is 15.5. The lowest BCUT2D eigenvalue weighted by Crippen LogP contribution is -2.64. The molecule has 0 saturated carbocycles. The van der Waals surface area contributed by atoms with E-state index in [4.69, 9.17) is 4.74 Å². The maximum atomic E-state index is 12.2. The Morgan fingerprint density at radius 3 is 2.88 bits per heavy atom. The molecule has 1 spiro atoms. The van der Waals surface area contributed by atoms with Crippen molar-refractivity contribution in [1.82, 2.24) is 14.8 Å². The normalized spacial score (nSPS) is 22.3. The van der Waals surface area contributed by atoms with Gasteiger partial charge in [-0.05, 0) is 54.8 Å². The summed E-state index contributed by atoms with van der Waals surface area (Å²) >= 11 is 1.85. The Balaban J connectivity index is 1.20. The second-order valence-corrected chi connectivity index (χ2v) is 8.79. The molecule has 2 fully saturated rings. The minimum Gasteiger partial charge on any atom is -0.372 e. The summed E-state index contributed by atoms with van der Waals surface area (Å²) in [5.74, 6) is 0.414. The number of nitrogens with zero attached hydrogens (tertiary/aromatic N) is 2. The van der Waals surface area contributed by atoms with E-state index in [1.165, 1.54) is 10.4 Å². The van der Waals surface area contributed by atoms with Crippen molar-refractivity contribution in [3.8, 4) is 0 Å². The summed E-state index contributed by atoms with van der Waals surface area (Å²) in [6.07, 6.45) is 4.11. The number of nitrogens with one attached hydrogen (secondary N) is 1. The van der Waals surface area contributed by atoms with Gasteiger partial charge in [-0.25, -0.2) is 0 Å². The van der Waals surface area contributed by atoms with Crippen molar-refractivity contribution in [2.45, 2.75) is 31.9 Å². The number of hydrogen-bond acceptors (Lipinski definition) is 4. The summed E-state index contributed by atoms with van der Waals surface area (Å²) in [4.78, 5) is 16.2. The summed E-state index contributed by atoms with van der Waals surface area (Å²) in [7, 11) is 1.89. The summed E-state index contributed by atoms with van der Waals surface area (Å²) in [6, 6.07) is 5.93. The Hall–Kier alpha value is -1.63. The third kappa shape index (κ3) is 3.59. The monoisotopic (exact) mass is 373 g/mol. The Labute approximate surface area is 159 Å². The third-order valence-corrected chi connectivity index (χ3v) is 6.73. The van der Waals surface area contributed by atoms with Crippen LogP contribution in [0.25, 0.3) is 0 Å². The summed E-state index contributed by atoms with van der Waals surface area (Å²) in [6.45, 7) is 6.74. The molecule has 4 heterocycles. The van der Waals surface area contributed by atoms with Crippen molar-refractivity contribution in [2.75, 3.05) is 26.2 Å². The molecule has 6 heteroatoms. The molecule has 26 heavy (non-hydrogen) atoms. The topological polar surface area (TPSA) is 46.5 Å². The molecule has 0 aliphatic carbocycles. The molecule has 1 unspecified atom stereocenters. The molecular weight excluding hydrogens is 346 g/mol. The van der Waals surface area contributed by atoms with Gasteiger partial charge >= 0.3 is 0 Å². The summed E-state index contributed by atoms with van der Waals surface area (Å²) in [5, 5.41) is 5.23. The van der Waals surface area contributed by atoms with Crippen LogP contribution in [0.2, 0.25) is 0 Å². The number of hydrogen-bond donors (Lipinski definition) is 1. The highest BCUT2D eigenvalue weighted by Crippen LogP contribution is 2.37. The molecule has 140 valence electrons. The van der Waals surface area contributed by atoms with E-state index >= 15 is 0 Å². The van der Waals surface area contributed by atoms with E-state index in [1.807, 2.05) is 41.3 Å². The molecule has 2 saturated heterocycles. The zero-order valence-corrected chi connectivity index (χ0v) is 16.3. The number of ether oxygens (including phenoxy) is 1. The van der Waals surface area contributed by atoms with Crippen molar-refractivity contribution in [3.63, 3.8) is 0 Å². The first kappa shape index (κ1) is 17.8. The first-order valence-corrected chi connectivity index (χ1v) is 10.2. The number of carbonyl (C=O) groups is 1. The molecule has 0 bridgehead atoms. The van der Waals surface area contributed by atoms with Crippen LogP contribution in [0.1, 0.15) is 33.8 Å². The molecule has 2 aliphatic heterocycles. The molecule has 1 atom stereocenters. The Morgan fingerprint density at radius 1 is 1.42 bits per heavy atom. The van der Waals surface area contributed by atoms with Crippen molar-refractivity contribution >= 4 is 17.2 Å². The van der Waals surface area contributed by atoms with Gasteiger partial charge < -0.3 is 14.6 Å². The van der Waals surface area contributed by atoms with Crippen LogP contribution in [0.3, 0.4) is 0 Å². The largest absolute Gasteiger partial charge is 0.372 e. The van der Waals surface area contributed by atoms with E-state index in [9.17, 15) is 4.79 Å². The lowest BCUT2D eigenvalue weighted by molar-refractivity contribution is -0.181. The zero-order chi connectivity index (χ0) is 18.1. The van der Waals surface area contributed by atoms with Crippen LogP contribution in [0.4, 0.5) is 0 Å². The van der Waals surface area contributed by atoms with Crippen LogP contribution in [0.5, 0.6) is 0 Å². The minimum atomic E-state index is -0.000997. The highest BCUT2D eigenvalue weighted by molar-refractivity contribution is 7.10.